The number of aliphatic hydroxyl groups excluding tert-OH is 1. The number of rotatable bonds is 9. The van der Waals surface area contributed by atoms with Gasteiger partial charge in [0.25, 0.3) is 0 Å². The van der Waals surface area contributed by atoms with Gasteiger partial charge in [-0.25, -0.2) is 0 Å². The molecule has 0 spiro atoms. The molecule has 0 fully saturated rings. The van der Waals surface area contributed by atoms with Gasteiger partial charge in [0.15, 0.2) is 6.10 Å². The quantitative estimate of drug-likeness (QED) is 0.760. The standard InChI is InChI=1S/C16H24F3NO2/c1-3-20(4-2)11-14(21)12-22-15(16(17,18)19)10-13-8-6-5-7-9-13/h5-9,14-15,21H,3-4,10-12H2,1-2H3/t14-,15-/m1/s1. The van der Waals surface area contributed by atoms with E-state index in [4.69, 9.17) is 4.74 Å². The van der Waals surface area contributed by atoms with Gasteiger partial charge in [0.05, 0.1) is 12.7 Å². The van der Waals surface area contributed by atoms with Crippen molar-refractivity contribution in [1.82, 2.24) is 4.90 Å². The van der Waals surface area contributed by atoms with Crippen LogP contribution in [-0.2, 0) is 11.2 Å². The van der Waals surface area contributed by atoms with Gasteiger partial charge >= 0.3 is 6.18 Å². The Balaban J connectivity index is 2.55. The highest BCUT2D eigenvalue weighted by Gasteiger charge is 2.40. The van der Waals surface area contributed by atoms with Gasteiger partial charge in [0.1, 0.15) is 0 Å². The average Bonchev–Trinajstić information content (AvgIpc) is 2.48. The van der Waals surface area contributed by atoms with E-state index >= 15 is 0 Å². The Bertz CT molecular complexity index is 408. The molecule has 126 valence electrons. The summed E-state index contributed by atoms with van der Waals surface area (Å²) in [4.78, 5) is 1.94. The summed E-state index contributed by atoms with van der Waals surface area (Å²) in [6.07, 6.45) is -7.53. The minimum absolute atomic E-state index is 0.248. The molecule has 1 aromatic carbocycles. The SMILES string of the molecule is CCN(CC)C[C@@H](O)CO[C@H](Cc1ccccc1)C(F)(F)F. The van der Waals surface area contributed by atoms with E-state index in [2.05, 4.69) is 0 Å². The van der Waals surface area contributed by atoms with Crippen LogP contribution in [0.25, 0.3) is 0 Å². The van der Waals surface area contributed by atoms with Crippen LogP contribution >= 0.6 is 0 Å². The van der Waals surface area contributed by atoms with Gasteiger partial charge in [0, 0.05) is 13.0 Å². The smallest absolute Gasteiger partial charge is 0.389 e. The van der Waals surface area contributed by atoms with Crippen molar-refractivity contribution in [2.24, 2.45) is 0 Å². The molecule has 0 aromatic heterocycles. The number of likely N-dealkylation sites (N-methyl/N-ethyl adjacent to an activating group) is 1. The zero-order valence-corrected chi connectivity index (χ0v) is 13.0. The number of halogens is 3. The Labute approximate surface area is 129 Å². The van der Waals surface area contributed by atoms with Crippen LogP contribution in [-0.4, -0.2) is 54.6 Å². The number of hydrogen-bond donors (Lipinski definition) is 1. The summed E-state index contributed by atoms with van der Waals surface area (Å²) < 4.78 is 44.1. The second-order valence-corrected chi connectivity index (χ2v) is 5.19. The molecule has 1 N–H and O–H groups in total. The second-order valence-electron chi connectivity index (χ2n) is 5.19. The summed E-state index contributed by atoms with van der Waals surface area (Å²) in [5, 5.41) is 9.83. The normalized spacial score (nSPS) is 15.0. The van der Waals surface area contributed by atoms with Crippen molar-refractivity contribution in [1.29, 1.82) is 0 Å². The van der Waals surface area contributed by atoms with Crippen molar-refractivity contribution < 1.29 is 23.0 Å². The predicted octanol–water partition coefficient (Wildman–Crippen LogP) is 2.88. The summed E-state index contributed by atoms with van der Waals surface area (Å²) >= 11 is 0. The molecule has 0 aliphatic heterocycles. The Kier molecular flexibility index (Phi) is 7.85. The molecule has 2 atom stereocenters. The molecule has 0 radical (unpaired) electrons. The monoisotopic (exact) mass is 319 g/mol. The summed E-state index contributed by atoms with van der Waals surface area (Å²) in [6, 6.07) is 8.40. The zero-order valence-electron chi connectivity index (χ0n) is 13.0. The Morgan fingerprint density at radius 3 is 2.23 bits per heavy atom. The van der Waals surface area contributed by atoms with Gasteiger partial charge in [-0.1, -0.05) is 44.2 Å². The van der Waals surface area contributed by atoms with Gasteiger partial charge in [0.2, 0.25) is 0 Å². The van der Waals surface area contributed by atoms with Gasteiger partial charge in [-0.2, -0.15) is 13.2 Å². The maximum absolute atomic E-state index is 13.0. The van der Waals surface area contributed by atoms with E-state index in [1.54, 1.807) is 30.3 Å². The van der Waals surface area contributed by atoms with E-state index < -0.39 is 18.4 Å². The highest BCUT2D eigenvalue weighted by molar-refractivity contribution is 5.15. The third-order valence-corrected chi connectivity index (χ3v) is 3.48. The number of nitrogens with zero attached hydrogens (tertiary/aromatic N) is 1. The van der Waals surface area contributed by atoms with E-state index in [0.717, 1.165) is 13.1 Å². The lowest BCUT2D eigenvalue weighted by Gasteiger charge is -2.25. The Morgan fingerprint density at radius 1 is 1.14 bits per heavy atom. The maximum Gasteiger partial charge on any atom is 0.414 e. The molecule has 0 aliphatic rings. The average molecular weight is 319 g/mol. The highest BCUT2D eigenvalue weighted by Crippen LogP contribution is 2.26. The molecule has 6 heteroatoms. The van der Waals surface area contributed by atoms with Gasteiger partial charge in [-0.05, 0) is 18.7 Å². The lowest BCUT2D eigenvalue weighted by molar-refractivity contribution is -0.225. The molecule has 0 aliphatic carbocycles. The minimum atomic E-state index is -4.45. The largest absolute Gasteiger partial charge is 0.414 e. The fourth-order valence-corrected chi connectivity index (χ4v) is 2.16. The molecular formula is C16H24F3NO2. The van der Waals surface area contributed by atoms with E-state index in [1.807, 2.05) is 18.7 Å². The fraction of sp³-hybridized carbons (Fsp3) is 0.625. The van der Waals surface area contributed by atoms with E-state index in [0.29, 0.717) is 12.1 Å². The first-order valence-corrected chi connectivity index (χ1v) is 7.49. The minimum Gasteiger partial charge on any atom is -0.389 e. The first-order valence-electron chi connectivity index (χ1n) is 7.49. The van der Waals surface area contributed by atoms with Crippen molar-refractivity contribution in [2.75, 3.05) is 26.2 Å². The summed E-state index contributed by atoms with van der Waals surface area (Å²) in [7, 11) is 0. The molecular weight excluding hydrogens is 295 g/mol. The van der Waals surface area contributed by atoms with Crippen LogP contribution in [0.2, 0.25) is 0 Å². The number of ether oxygens (including phenoxy) is 1. The number of alkyl halides is 3. The van der Waals surface area contributed by atoms with Crippen LogP contribution in [0.5, 0.6) is 0 Å². The van der Waals surface area contributed by atoms with Crippen LogP contribution in [0.4, 0.5) is 13.2 Å². The number of hydrogen-bond acceptors (Lipinski definition) is 3. The Hall–Kier alpha value is -1.11. The van der Waals surface area contributed by atoms with E-state index in [-0.39, 0.29) is 13.0 Å². The molecule has 0 saturated heterocycles. The van der Waals surface area contributed by atoms with Crippen LogP contribution < -0.4 is 0 Å². The van der Waals surface area contributed by atoms with Crippen LogP contribution in [0, 0.1) is 0 Å². The van der Waals surface area contributed by atoms with E-state index in [1.165, 1.54) is 0 Å². The van der Waals surface area contributed by atoms with Crippen molar-refractivity contribution >= 4 is 0 Å². The third-order valence-electron chi connectivity index (χ3n) is 3.48. The van der Waals surface area contributed by atoms with E-state index in [9.17, 15) is 18.3 Å². The first-order chi connectivity index (χ1) is 10.4. The maximum atomic E-state index is 13.0. The second kappa shape index (κ2) is 9.12. The molecule has 0 bridgehead atoms. The van der Waals surface area contributed by atoms with Crippen LogP contribution in [0.1, 0.15) is 19.4 Å². The van der Waals surface area contributed by atoms with Gasteiger partial charge in [-0.15, -0.1) is 0 Å². The first kappa shape index (κ1) is 18.9. The number of aliphatic hydroxyl groups is 1. The van der Waals surface area contributed by atoms with Crippen LogP contribution in [0.3, 0.4) is 0 Å². The summed E-state index contributed by atoms with van der Waals surface area (Å²) in [5.74, 6) is 0. The van der Waals surface area contributed by atoms with Crippen molar-refractivity contribution in [2.45, 2.75) is 38.7 Å². The molecule has 1 rings (SSSR count). The number of benzene rings is 1. The summed E-state index contributed by atoms with van der Waals surface area (Å²) in [5.41, 5.74) is 0.558. The lowest BCUT2D eigenvalue weighted by atomic mass is 10.1. The molecule has 0 unspecified atom stereocenters. The van der Waals surface area contributed by atoms with Crippen molar-refractivity contribution in [3.63, 3.8) is 0 Å². The zero-order chi connectivity index (χ0) is 16.6. The van der Waals surface area contributed by atoms with Gasteiger partial charge < -0.3 is 14.7 Å². The predicted molar refractivity (Wildman–Crippen MR) is 79.7 cm³/mol. The van der Waals surface area contributed by atoms with Crippen molar-refractivity contribution in [3.8, 4) is 0 Å². The van der Waals surface area contributed by atoms with Gasteiger partial charge in [-0.3, -0.25) is 0 Å². The summed E-state index contributed by atoms with van der Waals surface area (Å²) in [6.45, 7) is 5.33. The third kappa shape index (κ3) is 6.77. The Morgan fingerprint density at radius 2 is 1.73 bits per heavy atom. The molecule has 3 nitrogen and oxygen atoms in total. The highest BCUT2D eigenvalue weighted by atomic mass is 19.4. The topological polar surface area (TPSA) is 32.7 Å². The molecule has 1 aromatic rings. The fourth-order valence-electron chi connectivity index (χ4n) is 2.16. The molecule has 0 amide bonds. The van der Waals surface area contributed by atoms with Crippen molar-refractivity contribution in [3.05, 3.63) is 35.9 Å². The molecule has 22 heavy (non-hydrogen) atoms. The molecule has 0 saturated carbocycles. The lowest BCUT2D eigenvalue weighted by Crippen LogP contribution is -2.39. The van der Waals surface area contributed by atoms with Crippen LogP contribution in [0.15, 0.2) is 30.3 Å². The molecule has 0 heterocycles.